The number of nitrogens with zero attached hydrogens (tertiary/aromatic N) is 2. The standard InChI is InChI=1S/C19H25N3OS/c1-12(2)22-8-7-16-17(11-22)24-19(20-16)21-18(23)10-15-6-5-13(3)9-14(15)4/h5-6,9,12H,7-8,10-11H2,1-4H3,(H,20,21,23). The fraction of sp³-hybridized carbons (Fsp3) is 0.474. The first-order valence-electron chi connectivity index (χ1n) is 8.51. The van der Waals surface area contributed by atoms with E-state index in [9.17, 15) is 4.79 Å². The molecule has 128 valence electrons. The van der Waals surface area contributed by atoms with E-state index in [-0.39, 0.29) is 5.91 Å². The van der Waals surface area contributed by atoms with Crippen molar-refractivity contribution in [3.05, 3.63) is 45.5 Å². The van der Waals surface area contributed by atoms with Crippen molar-refractivity contribution in [2.45, 2.75) is 53.1 Å². The molecular weight excluding hydrogens is 318 g/mol. The molecule has 1 aromatic heterocycles. The highest BCUT2D eigenvalue weighted by Gasteiger charge is 2.22. The molecule has 0 radical (unpaired) electrons. The zero-order valence-corrected chi connectivity index (χ0v) is 15.7. The molecule has 3 rings (SSSR count). The largest absolute Gasteiger partial charge is 0.302 e. The Bertz CT molecular complexity index is 751. The van der Waals surface area contributed by atoms with Gasteiger partial charge in [-0.15, -0.1) is 11.3 Å². The number of thiazole rings is 1. The first kappa shape index (κ1) is 17.1. The van der Waals surface area contributed by atoms with Crippen molar-refractivity contribution >= 4 is 22.4 Å². The van der Waals surface area contributed by atoms with Gasteiger partial charge in [0, 0.05) is 30.4 Å². The molecule has 24 heavy (non-hydrogen) atoms. The lowest BCUT2D eigenvalue weighted by molar-refractivity contribution is -0.115. The summed E-state index contributed by atoms with van der Waals surface area (Å²) < 4.78 is 0. The van der Waals surface area contributed by atoms with Crippen molar-refractivity contribution in [3.8, 4) is 0 Å². The predicted molar refractivity (Wildman–Crippen MR) is 99.6 cm³/mol. The topological polar surface area (TPSA) is 45.2 Å². The first-order chi connectivity index (χ1) is 11.4. The molecule has 0 saturated heterocycles. The third-order valence-electron chi connectivity index (χ3n) is 4.59. The van der Waals surface area contributed by atoms with E-state index in [1.54, 1.807) is 11.3 Å². The number of hydrogen-bond acceptors (Lipinski definition) is 4. The zero-order chi connectivity index (χ0) is 17.3. The minimum Gasteiger partial charge on any atom is -0.302 e. The van der Waals surface area contributed by atoms with Crippen LogP contribution in [0.25, 0.3) is 0 Å². The maximum Gasteiger partial charge on any atom is 0.230 e. The van der Waals surface area contributed by atoms with E-state index < -0.39 is 0 Å². The number of amides is 1. The van der Waals surface area contributed by atoms with E-state index in [0.717, 1.165) is 41.5 Å². The van der Waals surface area contributed by atoms with Gasteiger partial charge < -0.3 is 5.32 Å². The Morgan fingerprint density at radius 1 is 1.38 bits per heavy atom. The number of aryl methyl sites for hydroxylation is 2. The lowest BCUT2D eigenvalue weighted by atomic mass is 10.0. The fourth-order valence-corrected chi connectivity index (χ4v) is 4.14. The molecule has 0 unspecified atom stereocenters. The molecule has 1 aliphatic heterocycles. The average Bonchev–Trinajstić information content (AvgIpc) is 2.91. The summed E-state index contributed by atoms with van der Waals surface area (Å²) in [4.78, 5) is 20.7. The van der Waals surface area contributed by atoms with Crippen LogP contribution in [0.3, 0.4) is 0 Å². The van der Waals surface area contributed by atoms with E-state index in [1.807, 2.05) is 6.07 Å². The molecule has 5 heteroatoms. The first-order valence-corrected chi connectivity index (χ1v) is 9.32. The van der Waals surface area contributed by atoms with Gasteiger partial charge in [0.25, 0.3) is 0 Å². The summed E-state index contributed by atoms with van der Waals surface area (Å²) in [5.74, 6) is 0.00812. The van der Waals surface area contributed by atoms with Crippen LogP contribution in [0, 0.1) is 13.8 Å². The number of carbonyl (C=O) groups is 1. The zero-order valence-electron chi connectivity index (χ0n) is 14.8. The van der Waals surface area contributed by atoms with Crippen LogP contribution >= 0.6 is 11.3 Å². The molecule has 1 aliphatic rings. The van der Waals surface area contributed by atoms with Crippen LogP contribution in [0.2, 0.25) is 0 Å². The van der Waals surface area contributed by atoms with Crippen molar-refractivity contribution in [1.82, 2.24) is 9.88 Å². The minimum atomic E-state index is 0.00812. The summed E-state index contributed by atoms with van der Waals surface area (Å²) in [6.45, 7) is 10.6. The van der Waals surface area contributed by atoms with Crippen LogP contribution in [0.1, 0.15) is 41.1 Å². The monoisotopic (exact) mass is 343 g/mol. The second-order valence-electron chi connectivity index (χ2n) is 6.86. The van der Waals surface area contributed by atoms with Crippen molar-refractivity contribution in [1.29, 1.82) is 0 Å². The predicted octanol–water partition coefficient (Wildman–Crippen LogP) is 3.71. The Labute approximate surface area is 147 Å². The average molecular weight is 343 g/mol. The highest BCUT2D eigenvalue weighted by Crippen LogP contribution is 2.29. The Hall–Kier alpha value is -1.72. The molecule has 0 fully saturated rings. The van der Waals surface area contributed by atoms with Gasteiger partial charge in [-0.05, 0) is 38.8 Å². The second kappa shape index (κ2) is 7.03. The van der Waals surface area contributed by atoms with Crippen LogP contribution in [-0.4, -0.2) is 28.4 Å². The van der Waals surface area contributed by atoms with Gasteiger partial charge in [0.15, 0.2) is 5.13 Å². The number of nitrogens with one attached hydrogen (secondary N) is 1. The summed E-state index contributed by atoms with van der Waals surface area (Å²) >= 11 is 1.62. The molecule has 2 aromatic rings. The Morgan fingerprint density at radius 3 is 2.88 bits per heavy atom. The summed E-state index contributed by atoms with van der Waals surface area (Å²) in [5.41, 5.74) is 4.61. The second-order valence-corrected chi connectivity index (χ2v) is 7.94. The number of rotatable bonds is 4. The van der Waals surface area contributed by atoms with E-state index in [1.165, 1.54) is 10.4 Å². The molecular formula is C19H25N3OS. The Kier molecular flexibility index (Phi) is 5.01. The van der Waals surface area contributed by atoms with Crippen LogP contribution in [0.5, 0.6) is 0 Å². The van der Waals surface area contributed by atoms with Gasteiger partial charge in [0.2, 0.25) is 5.91 Å². The van der Waals surface area contributed by atoms with E-state index in [0.29, 0.717) is 12.5 Å². The quantitative estimate of drug-likeness (QED) is 0.920. The summed E-state index contributed by atoms with van der Waals surface area (Å²) in [5, 5.41) is 3.72. The normalized spacial score (nSPS) is 14.7. The highest BCUT2D eigenvalue weighted by molar-refractivity contribution is 7.15. The molecule has 0 atom stereocenters. The number of aromatic nitrogens is 1. The van der Waals surface area contributed by atoms with Crippen LogP contribution in [0.4, 0.5) is 5.13 Å². The smallest absolute Gasteiger partial charge is 0.230 e. The van der Waals surface area contributed by atoms with Crippen molar-refractivity contribution in [3.63, 3.8) is 0 Å². The van der Waals surface area contributed by atoms with Gasteiger partial charge in [-0.3, -0.25) is 9.69 Å². The molecule has 1 N–H and O–H groups in total. The van der Waals surface area contributed by atoms with Crippen LogP contribution < -0.4 is 5.32 Å². The maximum absolute atomic E-state index is 12.3. The van der Waals surface area contributed by atoms with Gasteiger partial charge in [0.05, 0.1) is 12.1 Å². The third kappa shape index (κ3) is 3.84. The van der Waals surface area contributed by atoms with Crippen LogP contribution in [-0.2, 0) is 24.2 Å². The molecule has 0 aliphatic carbocycles. The van der Waals surface area contributed by atoms with E-state index >= 15 is 0 Å². The number of anilines is 1. The molecule has 2 heterocycles. The molecule has 1 aromatic carbocycles. The Morgan fingerprint density at radius 2 is 2.17 bits per heavy atom. The van der Waals surface area contributed by atoms with Crippen molar-refractivity contribution in [2.75, 3.05) is 11.9 Å². The summed E-state index contributed by atoms with van der Waals surface area (Å²) in [6, 6.07) is 6.75. The molecule has 4 nitrogen and oxygen atoms in total. The van der Waals surface area contributed by atoms with E-state index in [2.05, 4.69) is 55.0 Å². The SMILES string of the molecule is Cc1ccc(CC(=O)Nc2nc3c(s2)CN(C(C)C)CC3)c(C)c1. The number of carbonyl (C=O) groups excluding carboxylic acids is 1. The minimum absolute atomic E-state index is 0.00812. The lowest BCUT2D eigenvalue weighted by Crippen LogP contribution is -2.35. The number of hydrogen-bond donors (Lipinski definition) is 1. The van der Waals surface area contributed by atoms with Gasteiger partial charge in [-0.2, -0.15) is 0 Å². The fourth-order valence-electron chi connectivity index (χ4n) is 3.09. The van der Waals surface area contributed by atoms with Gasteiger partial charge in [-0.1, -0.05) is 23.8 Å². The summed E-state index contributed by atoms with van der Waals surface area (Å²) in [6.07, 6.45) is 1.37. The number of benzene rings is 1. The lowest BCUT2D eigenvalue weighted by Gasteiger charge is -2.29. The van der Waals surface area contributed by atoms with E-state index in [4.69, 9.17) is 0 Å². The molecule has 0 saturated carbocycles. The molecule has 0 bridgehead atoms. The van der Waals surface area contributed by atoms with Gasteiger partial charge in [-0.25, -0.2) is 4.98 Å². The van der Waals surface area contributed by atoms with Crippen molar-refractivity contribution in [2.24, 2.45) is 0 Å². The third-order valence-corrected chi connectivity index (χ3v) is 5.58. The molecule has 1 amide bonds. The maximum atomic E-state index is 12.3. The van der Waals surface area contributed by atoms with Gasteiger partial charge in [0.1, 0.15) is 0 Å². The van der Waals surface area contributed by atoms with Gasteiger partial charge >= 0.3 is 0 Å². The molecule has 0 spiro atoms. The van der Waals surface area contributed by atoms with Crippen LogP contribution in [0.15, 0.2) is 18.2 Å². The number of fused-ring (bicyclic) bond motifs is 1. The summed E-state index contributed by atoms with van der Waals surface area (Å²) in [7, 11) is 0. The Balaban J connectivity index is 1.65. The highest BCUT2D eigenvalue weighted by atomic mass is 32.1. The van der Waals surface area contributed by atoms with Crippen molar-refractivity contribution < 1.29 is 4.79 Å².